The average molecular weight is 266 g/mol. The van der Waals surface area contributed by atoms with Crippen LogP contribution in [-0.2, 0) is 4.79 Å². The molecular formula is C13H16ClN3O. The molecule has 1 fully saturated rings. The molecule has 18 heavy (non-hydrogen) atoms. The second-order valence-corrected chi connectivity index (χ2v) is 5.26. The summed E-state index contributed by atoms with van der Waals surface area (Å²) in [6, 6.07) is 5.60. The van der Waals surface area contributed by atoms with Gasteiger partial charge in [0.1, 0.15) is 0 Å². The number of hydrogen-bond donors (Lipinski definition) is 2. The number of amides is 1. The van der Waals surface area contributed by atoms with Crippen LogP contribution in [0.2, 0.25) is 5.02 Å². The molecule has 0 saturated carbocycles. The molecule has 2 N–H and O–H groups in total. The first-order valence-electron chi connectivity index (χ1n) is 6.27. The van der Waals surface area contributed by atoms with E-state index in [0.717, 1.165) is 44.0 Å². The van der Waals surface area contributed by atoms with Gasteiger partial charge in [-0.05, 0) is 23.8 Å². The minimum Gasteiger partial charge on any atom is -0.325 e. The topological polar surface area (TPSA) is 44.4 Å². The standard InChI is InChI=1S/C13H16ClN3O/c14-9-1-2-12-10(7-9)11(13(18)16-12)8-17-5-3-15-4-6-17/h1-2,7,11,15H,3-6,8H2,(H,16,18). The summed E-state index contributed by atoms with van der Waals surface area (Å²) in [6.07, 6.45) is 0. The van der Waals surface area contributed by atoms with Crippen LogP contribution in [0.15, 0.2) is 18.2 Å². The Morgan fingerprint density at radius 2 is 2.11 bits per heavy atom. The molecule has 5 heteroatoms. The number of piperazine rings is 1. The Balaban J connectivity index is 1.80. The predicted molar refractivity (Wildman–Crippen MR) is 72.1 cm³/mol. The highest BCUT2D eigenvalue weighted by molar-refractivity contribution is 6.31. The lowest BCUT2D eigenvalue weighted by atomic mass is 10.00. The highest BCUT2D eigenvalue weighted by atomic mass is 35.5. The van der Waals surface area contributed by atoms with Crippen LogP contribution in [0.25, 0.3) is 0 Å². The van der Waals surface area contributed by atoms with Crippen molar-refractivity contribution in [3.05, 3.63) is 28.8 Å². The van der Waals surface area contributed by atoms with Crippen LogP contribution in [-0.4, -0.2) is 43.5 Å². The summed E-state index contributed by atoms with van der Waals surface area (Å²) < 4.78 is 0. The molecule has 0 aromatic heterocycles. The van der Waals surface area contributed by atoms with Gasteiger partial charge in [-0.15, -0.1) is 0 Å². The highest BCUT2D eigenvalue weighted by Crippen LogP contribution is 2.34. The molecule has 1 amide bonds. The zero-order valence-electron chi connectivity index (χ0n) is 10.1. The Morgan fingerprint density at radius 1 is 1.33 bits per heavy atom. The van der Waals surface area contributed by atoms with Gasteiger partial charge in [0.15, 0.2) is 0 Å². The van der Waals surface area contributed by atoms with E-state index in [1.54, 1.807) is 0 Å². The number of nitrogens with one attached hydrogen (secondary N) is 2. The molecule has 96 valence electrons. The number of carbonyl (C=O) groups is 1. The molecule has 0 bridgehead atoms. The number of nitrogens with zero attached hydrogens (tertiary/aromatic N) is 1. The van der Waals surface area contributed by atoms with Gasteiger partial charge in [-0.25, -0.2) is 0 Å². The van der Waals surface area contributed by atoms with E-state index in [0.29, 0.717) is 5.02 Å². The maximum atomic E-state index is 12.0. The fourth-order valence-electron chi connectivity index (χ4n) is 2.63. The molecular weight excluding hydrogens is 250 g/mol. The minimum absolute atomic E-state index is 0.0863. The lowest BCUT2D eigenvalue weighted by Gasteiger charge is -2.29. The number of carbonyl (C=O) groups excluding carboxylic acids is 1. The van der Waals surface area contributed by atoms with Gasteiger partial charge < -0.3 is 10.6 Å². The van der Waals surface area contributed by atoms with Crippen molar-refractivity contribution in [2.45, 2.75) is 5.92 Å². The Bertz CT molecular complexity index is 471. The highest BCUT2D eigenvalue weighted by Gasteiger charge is 2.32. The van der Waals surface area contributed by atoms with Gasteiger partial charge in [-0.2, -0.15) is 0 Å². The first kappa shape index (κ1) is 12.0. The van der Waals surface area contributed by atoms with Gasteiger partial charge in [0.25, 0.3) is 0 Å². The quantitative estimate of drug-likeness (QED) is 0.847. The van der Waals surface area contributed by atoms with E-state index >= 15 is 0 Å². The van der Waals surface area contributed by atoms with Gasteiger partial charge in [-0.3, -0.25) is 9.69 Å². The smallest absolute Gasteiger partial charge is 0.233 e. The zero-order chi connectivity index (χ0) is 12.5. The van der Waals surface area contributed by atoms with Crippen LogP contribution in [0.1, 0.15) is 11.5 Å². The van der Waals surface area contributed by atoms with E-state index in [-0.39, 0.29) is 11.8 Å². The van der Waals surface area contributed by atoms with Crippen molar-refractivity contribution in [3.63, 3.8) is 0 Å². The number of hydrogen-bond acceptors (Lipinski definition) is 3. The third-order valence-corrected chi connectivity index (χ3v) is 3.85. The fraction of sp³-hybridized carbons (Fsp3) is 0.462. The predicted octanol–water partition coefficient (Wildman–Crippen LogP) is 1.28. The summed E-state index contributed by atoms with van der Waals surface area (Å²) >= 11 is 6.02. The van der Waals surface area contributed by atoms with Gasteiger partial charge in [0.05, 0.1) is 5.92 Å². The number of fused-ring (bicyclic) bond motifs is 1. The van der Waals surface area contributed by atoms with Crippen molar-refractivity contribution in [2.24, 2.45) is 0 Å². The second-order valence-electron chi connectivity index (χ2n) is 4.82. The summed E-state index contributed by atoms with van der Waals surface area (Å²) in [5.74, 6) is 0.00241. The maximum absolute atomic E-state index is 12.0. The van der Waals surface area contributed by atoms with Crippen LogP contribution in [0.3, 0.4) is 0 Å². The Hall–Kier alpha value is -1.10. The third kappa shape index (κ3) is 2.23. The Morgan fingerprint density at radius 3 is 2.89 bits per heavy atom. The molecule has 1 unspecified atom stereocenters. The Labute approximate surface area is 111 Å². The zero-order valence-corrected chi connectivity index (χ0v) is 10.8. The van der Waals surface area contributed by atoms with Gasteiger partial charge in [0.2, 0.25) is 5.91 Å². The second kappa shape index (κ2) is 4.88. The molecule has 4 nitrogen and oxygen atoms in total. The molecule has 2 heterocycles. The van der Waals surface area contributed by atoms with Crippen LogP contribution >= 0.6 is 11.6 Å². The fourth-order valence-corrected chi connectivity index (χ4v) is 2.81. The molecule has 0 spiro atoms. The number of anilines is 1. The molecule has 1 saturated heterocycles. The summed E-state index contributed by atoms with van der Waals surface area (Å²) in [6.45, 7) is 4.77. The molecule has 1 atom stereocenters. The largest absolute Gasteiger partial charge is 0.325 e. The van der Waals surface area contributed by atoms with E-state index in [1.807, 2.05) is 18.2 Å². The Kier molecular flexibility index (Phi) is 3.24. The third-order valence-electron chi connectivity index (χ3n) is 3.61. The van der Waals surface area contributed by atoms with E-state index in [9.17, 15) is 4.79 Å². The van der Waals surface area contributed by atoms with Crippen molar-refractivity contribution in [3.8, 4) is 0 Å². The van der Waals surface area contributed by atoms with Crippen molar-refractivity contribution in [1.82, 2.24) is 10.2 Å². The monoisotopic (exact) mass is 265 g/mol. The molecule has 1 aromatic carbocycles. The molecule has 1 aromatic rings. The van der Waals surface area contributed by atoms with Crippen LogP contribution < -0.4 is 10.6 Å². The maximum Gasteiger partial charge on any atom is 0.233 e. The van der Waals surface area contributed by atoms with Crippen molar-refractivity contribution < 1.29 is 4.79 Å². The van der Waals surface area contributed by atoms with Gasteiger partial charge >= 0.3 is 0 Å². The van der Waals surface area contributed by atoms with E-state index in [2.05, 4.69) is 15.5 Å². The minimum atomic E-state index is -0.0863. The lowest BCUT2D eigenvalue weighted by Crippen LogP contribution is -2.45. The summed E-state index contributed by atoms with van der Waals surface area (Å²) in [4.78, 5) is 14.3. The molecule has 3 rings (SSSR count). The van der Waals surface area contributed by atoms with Crippen molar-refractivity contribution in [1.29, 1.82) is 0 Å². The lowest BCUT2D eigenvalue weighted by molar-refractivity contribution is -0.117. The summed E-state index contributed by atoms with van der Waals surface area (Å²) in [5.41, 5.74) is 1.94. The molecule has 0 aliphatic carbocycles. The first-order chi connectivity index (χ1) is 8.74. The van der Waals surface area contributed by atoms with Gasteiger partial charge in [-0.1, -0.05) is 11.6 Å². The van der Waals surface area contributed by atoms with Crippen LogP contribution in [0.5, 0.6) is 0 Å². The van der Waals surface area contributed by atoms with Gasteiger partial charge in [0, 0.05) is 43.4 Å². The van der Waals surface area contributed by atoms with Crippen molar-refractivity contribution in [2.75, 3.05) is 38.0 Å². The van der Waals surface area contributed by atoms with E-state index < -0.39 is 0 Å². The molecule has 0 radical (unpaired) electrons. The number of benzene rings is 1. The average Bonchev–Trinajstić information content (AvgIpc) is 2.67. The van der Waals surface area contributed by atoms with Crippen molar-refractivity contribution >= 4 is 23.2 Å². The molecule has 2 aliphatic heterocycles. The van der Waals surface area contributed by atoms with Crippen LogP contribution in [0, 0.1) is 0 Å². The summed E-state index contributed by atoms with van der Waals surface area (Å²) in [7, 11) is 0. The normalized spacial score (nSPS) is 23.8. The number of rotatable bonds is 2. The molecule has 2 aliphatic rings. The number of halogens is 1. The first-order valence-corrected chi connectivity index (χ1v) is 6.65. The van der Waals surface area contributed by atoms with E-state index in [1.165, 1.54) is 0 Å². The summed E-state index contributed by atoms with van der Waals surface area (Å²) in [5, 5.41) is 6.93. The SMILES string of the molecule is O=C1Nc2ccc(Cl)cc2C1CN1CCNCC1. The van der Waals surface area contributed by atoms with E-state index in [4.69, 9.17) is 11.6 Å². The van der Waals surface area contributed by atoms with Crippen LogP contribution in [0.4, 0.5) is 5.69 Å².